The molecule has 1 aromatic heterocycles. The summed E-state index contributed by atoms with van der Waals surface area (Å²) in [5.74, 6) is 0. The number of furan rings is 1. The van der Waals surface area contributed by atoms with E-state index in [4.69, 9.17) is 4.42 Å². The lowest BCUT2D eigenvalue weighted by Crippen LogP contribution is -1.94. The largest absolute Gasteiger partial charge is 0.456 e. The lowest BCUT2D eigenvalue weighted by atomic mass is 9.82. The van der Waals surface area contributed by atoms with Gasteiger partial charge in [-0.3, -0.25) is 0 Å². The Morgan fingerprint density at radius 3 is 1.47 bits per heavy atom. The summed E-state index contributed by atoms with van der Waals surface area (Å²) in [6.45, 7) is 0. The van der Waals surface area contributed by atoms with Crippen LogP contribution < -0.4 is 0 Å². The molecule has 0 saturated carbocycles. The molecule has 0 aliphatic rings. The molecule has 9 aromatic rings. The molecule has 0 fully saturated rings. The Bertz CT molecular complexity index is 2460. The quantitative estimate of drug-likeness (QED) is 0.191. The Labute approximate surface area is 261 Å². The Morgan fingerprint density at radius 2 is 0.800 bits per heavy atom. The van der Waals surface area contributed by atoms with Crippen molar-refractivity contribution in [2.75, 3.05) is 0 Å². The van der Waals surface area contributed by atoms with Gasteiger partial charge in [0.05, 0.1) is 0 Å². The van der Waals surface area contributed by atoms with Gasteiger partial charge in [0.2, 0.25) is 0 Å². The number of hydrogen-bond donors (Lipinski definition) is 0. The molecule has 210 valence electrons. The SMILES string of the molecule is c1ccc(-c2cccc(-c3c4ccccc4c(-c4c(-c5ccccc5)ccc5oc6ccccc6c45)c4ccccc34)c2)cc1. The maximum atomic E-state index is 6.48. The molecule has 0 unspecified atom stereocenters. The van der Waals surface area contributed by atoms with Gasteiger partial charge < -0.3 is 4.42 Å². The van der Waals surface area contributed by atoms with Crippen LogP contribution in [-0.2, 0) is 0 Å². The minimum Gasteiger partial charge on any atom is -0.456 e. The average Bonchev–Trinajstić information content (AvgIpc) is 3.50. The first-order valence-electron chi connectivity index (χ1n) is 15.4. The summed E-state index contributed by atoms with van der Waals surface area (Å²) in [4.78, 5) is 0. The van der Waals surface area contributed by atoms with E-state index in [-0.39, 0.29) is 0 Å². The van der Waals surface area contributed by atoms with Crippen LogP contribution in [0.4, 0.5) is 0 Å². The predicted molar refractivity (Wildman–Crippen MR) is 190 cm³/mol. The van der Waals surface area contributed by atoms with Gasteiger partial charge in [-0.05, 0) is 78.7 Å². The van der Waals surface area contributed by atoms with Crippen molar-refractivity contribution in [3.8, 4) is 44.5 Å². The van der Waals surface area contributed by atoms with Gasteiger partial charge in [-0.25, -0.2) is 0 Å². The standard InChI is InChI=1S/C44H28O/c1-3-14-29(15-4-1)31-18-13-19-32(28-31)41-34-20-7-9-22-36(34)42(37-23-10-8-21-35(37)41)44-33(30-16-5-2-6-17-30)26-27-40-43(44)38-24-11-12-25-39(38)45-40/h1-28H. The van der Waals surface area contributed by atoms with E-state index in [2.05, 4.69) is 164 Å². The second-order valence-electron chi connectivity index (χ2n) is 11.6. The molecule has 0 atom stereocenters. The van der Waals surface area contributed by atoms with Crippen LogP contribution in [0.3, 0.4) is 0 Å². The van der Waals surface area contributed by atoms with E-state index in [0.717, 1.165) is 21.9 Å². The fourth-order valence-electron chi connectivity index (χ4n) is 7.13. The Kier molecular flexibility index (Phi) is 5.89. The fraction of sp³-hybridized carbons (Fsp3) is 0. The molecule has 0 radical (unpaired) electrons. The van der Waals surface area contributed by atoms with Gasteiger partial charge in [-0.15, -0.1) is 0 Å². The van der Waals surface area contributed by atoms with Crippen LogP contribution in [0, 0.1) is 0 Å². The van der Waals surface area contributed by atoms with Gasteiger partial charge in [-0.2, -0.15) is 0 Å². The molecule has 0 spiro atoms. The van der Waals surface area contributed by atoms with E-state index >= 15 is 0 Å². The van der Waals surface area contributed by atoms with Crippen molar-refractivity contribution < 1.29 is 4.42 Å². The minimum absolute atomic E-state index is 0.902. The highest BCUT2D eigenvalue weighted by atomic mass is 16.3. The average molecular weight is 573 g/mol. The third kappa shape index (κ3) is 4.09. The van der Waals surface area contributed by atoms with Gasteiger partial charge in [0, 0.05) is 16.3 Å². The minimum atomic E-state index is 0.902. The molecule has 1 heteroatoms. The van der Waals surface area contributed by atoms with Crippen molar-refractivity contribution in [3.05, 3.63) is 170 Å². The van der Waals surface area contributed by atoms with Crippen molar-refractivity contribution in [1.29, 1.82) is 0 Å². The zero-order chi connectivity index (χ0) is 29.7. The lowest BCUT2D eigenvalue weighted by molar-refractivity contribution is 0.669. The number of hydrogen-bond acceptors (Lipinski definition) is 1. The molecule has 0 aliphatic heterocycles. The highest BCUT2D eigenvalue weighted by Gasteiger charge is 2.23. The fourth-order valence-corrected chi connectivity index (χ4v) is 7.13. The summed E-state index contributed by atoms with van der Waals surface area (Å²) >= 11 is 0. The van der Waals surface area contributed by atoms with Crippen LogP contribution >= 0.6 is 0 Å². The summed E-state index contributed by atoms with van der Waals surface area (Å²) in [6, 6.07) is 60.9. The smallest absolute Gasteiger partial charge is 0.136 e. The maximum absolute atomic E-state index is 6.48. The zero-order valence-corrected chi connectivity index (χ0v) is 24.6. The normalized spacial score (nSPS) is 11.6. The number of rotatable bonds is 4. The first-order valence-corrected chi connectivity index (χ1v) is 15.4. The van der Waals surface area contributed by atoms with E-state index in [1.807, 2.05) is 6.07 Å². The first-order chi connectivity index (χ1) is 22.3. The van der Waals surface area contributed by atoms with E-state index in [0.29, 0.717) is 0 Å². The molecule has 0 aliphatic carbocycles. The van der Waals surface area contributed by atoms with Crippen molar-refractivity contribution in [2.45, 2.75) is 0 Å². The lowest BCUT2D eigenvalue weighted by Gasteiger charge is -2.20. The highest BCUT2D eigenvalue weighted by molar-refractivity contribution is 6.27. The van der Waals surface area contributed by atoms with E-state index in [1.165, 1.54) is 66.1 Å². The van der Waals surface area contributed by atoms with E-state index in [9.17, 15) is 0 Å². The summed E-state index contributed by atoms with van der Waals surface area (Å²) in [6.07, 6.45) is 0. The molecule has 0 amide bonds. The van der Waals surface area contributed by atoms with Gasteiger partial charge >= 0.3 is 0 Å². The topological polar surface area (TPSA) is 13.1 Å². The van der Waals surface area contributed by atoms with Crippen LogP contribution in [0.15, 0.2) is 174 Å². The van der Waals surface area contributed by atoms with Crippen molar-refractivity contribution >= 4 is 43.5 Å². The number of para-hydroxylation sites is 1. The van der Waals surface area contributed by atoms with Crippen LogP contribution in [-0.4, -0.2) is 0 Å². The Hall–Kier alpha value is -5.92. The third-order valence-corrected chi connectivity index (χ3v) is 9.07. The summed E-state index contributed by atoms with van der Waals surface area (Å²) in [7, 11) is 0. The Morgan fingerprint density at radius 1 is 0.289 bits per heavy atom. The van der Waals surface area contributed by atoms with Gasteiger partial charge in [0.15, 0.2) is 0 Å². The predicted octanol–water partition coefficient (Wildman–Crippen LogP) is 12.6. The summed E-state index contributed by atoms with van der Waals surface area (Å²) < 4.78 is 6.48. The summed E-state index contributed by atoms with van der Waals surface area (Å²) in [5, 5.41) is 7.21. The van der Waals surface area contributed by atoms with Crippen molar-refractivity contribution in [2.24, 2.45) is 0 Å². The van der Waals surface area contributed by atoms with Crippen molar-refractivity contribution in [3.63, 3.8) is 0 Å². The van der Waals surface area contributed by atoms with Crippen LogP contribution in [0.25, 0.3) is 88.0 Å². The molecule has 8 aromatic carbocycles. The van der Waals surface area contributed by atoms with Gasteiger partial charge in [-0.1, -0.05) is 152 Å². The highest BCUT2D eigenvalue weighted by Crippen LogP contribution is 2.50. The molecule has 1 nitrogen and oxygen atoms in total. The number of benzene rings is 8. The molecule has 0 bridgehead atoms. The molecule has 45 heavy (non-hydrogen) atoms. The molecular formula is C44H28O. The van der Waals surface area contributed by atoms with Crippen LogP contribution in [0.5, 0.6) is 0 Å². The second-order valence-corrected chi connectivity index (χ2v) is 11.6. The molecule has 0 saturated heterocycles. The van der Waals surface area contributed by atoms with Crippen molar-refractivity contribution in [1.82, 2.24) is 0 Å². The summed E-state index contributed by atoms with van der Waals surface area (Å²) in [5.41, 5.74) is 11.5. The maximum Gasteiger partial charge on any atom is 0.136 e. The molecule has 9 rings (SSSR count). The first kappa shape index (κ1) is 25.6. The second kappa shape index (κ2) is 10.4. The number of fused-ring (bicyclic) bond motifs is 5. The molecule has 1 heterocycles. The molecule has 0 N–H and O–H groups in total. The van der Waals surface area contributed by atoms with E-state index in [1.54, 1.807) is 0 Å². The van der Waals surface area contributed by atoms with Crippen LogP contribution in [0.1, 0.15) is 0 Å². The Balaban J connectivity index is 1.45. The monoisotopic (exact) mass is 572 g/mol. The molecular weight excluding hydrogens is 544 g/mol. The van der Waals surface area contributed by atoms with Crippen LogP contribution in [0.2, 0.25) is 0 Å². The van der Waals surface area contributed by atoms with Gasteiger partial charge in [0.25, 0.3) is 0 Å². The third-order valence-electron chi connectivity index (χ3n) is 9.07. The van der Waals surface area contributed by atoms with E-state index < -0.39 is 0 Å². The zero-order valence-electron chi connectivity index (χ0n) is 24.6. The van der Waals surface area contributed by atoms with Gasteiger partial charge in [0.1, 0.15) is 11.2 Å².